The number of halogens is 1. The molecule has 0 aliphatic rings. The van der Waals surface area contributed by atoms with Crippen LogP contribution in [0.5, 0.6) is 0 Å². The van der Waals surface area contributed by atoms with Gasteiger partial charge in [0.1, 0.15) is 11.5 Å². The van der Waals surface area contributed by atoms with Crippen LogP contribution in [0.2, 0.25) is 5.02 Å². The zero-order valence-electron chi connectivity index (χ0n) is 14.4. The van der Waals surface area contributed by atoms with E-state index in [1.54, 1.807) is 6.20 Å². The van der Waals surface area contributed by atoms with Crippen LogP contribution in [-0.2, 0) is 13.0 Å². The number of aromatic amines is 1. The number of nitrogens with one attached hydrogen (secondary N) is 2. The van der Waals surface area contributed by atoms with Gasteiger partial charge in [-0.3, -0.25) is 4.98 Å². The Kier molecular flexibility index (Phi) is 4.73. The molecule has 0 fully saturated rings. The maximum Gasteiger partial charge on any atom is 0.205 e. The Morgan fingerprint density at radius 3 is 2.59 bits per heavy atom. The molecule has 0 unspecified atom stereocenters. The average Bonchev–Trinajstić information content (AvgIpc) is 3.10. The fourth-order valence-electron chi connectivity index (χ4n) is 2.90. The van der Waals surface area contributed by atoms with Crippen LogP contribution in [0.4, 0.5) is 11.5 Å². The number of aromatic nitrogens is 3. The van der Waals surface area contributed by atoms with Crippen LogP contribution >= 0.6 is 11.6 Å². The molecule has 5 nitrogen and oxygen atoms in total. The first-order chi connectivity index (χ1) is 13.2. The number of H-pyrrole nitrogens is 1. The molecule has 4 aromatic rings. The molecule has 2 N–H and O–H groups in total. The van der Waals surface area contributed by atoms with Crippen LogP contribution in [0.3, 0.4) is 0 Å². The number of nitrogens with zero attached hydrogens (tertiary/aromatic N) is 3. The molecule has 6 heteroatoms. The highest BCUT2D eigenvalue weighted by atomic mass is 35.5. The lowest BCUT2D eigenvalue weighted by atomic mass is 10.1. The fourth-order valence-corrected chi connectivity index (χ4v) is 3.03. The van der Waals surface area contributed by atoms with Crippen molar-refractivity contribution in [1.29, 1.82) is 0 Å². The van der Waals surface area contributed by atoms with Gasteiger partial charge in [0.05, 0.1) is 6.57 Å². The molecule has 3 heterocycles. The van der Waals surface area contributed by atoms with Crippen molar-refractivity contribution in [2.75, 3.05) is 5.32 Å². The van der Waals surface area contributed by atoms with Crippen molar-refractivity contribution in [2.45, 2.75) is 13.0 Å². The third-order valence-corrected chi connectivity index (χ3v) is 4.59. The first kappa shape index (κ1) is 17.1. The number of fused-ring (bicyclic) bond motifs is 1. The second-order valence-electron chi connectivity index (χ2n) is 6.22. The number of anilines is 1. The van der Waals surface area contributed by atoms with Crippen molar-refractivity contribution < 1.29 is 0 Å². The van der Waals surface area contributed by atoms with Crippen LogP contribution in [0.15, 0.2) is 61.1 Å². The van der Waals surface area contributed by atoms with Gasteiger partial charge in [0, 0.05) is 42.0 Å². The smallest absolute Gasteiger partial charge is 0.205 e. The summed E-state index contributed by atoms with van der Waals surface area (Å²) in [7, 11) is 0. The number of pyridine rings is 2. The zero-order chi connectivity index (χ0) is 18.6. The van der Waals surface area contributed by atoms with E-state index in [4.69, 9.17) is 18.2 Å². The van der Waals surface area contributed by atoms with Crippen LogP contribution in [0.1, 0.15) is 16.7 Å². The maximum absolute atomic E-state index is 7.15. The molecule has 0 radical (unpaired) electrons. The van der Waals surface area contributed by atoms with Crippen molar-refractivity contribution in [3.63, 3.8) is 0 Å². The lowest BCUT2D eigenvalue weighted by Crippen LogP contribution is -2.01. The van der Waals surface area contributed by atoms with Gasteiger partial charge in [-0.25, -0.2) is 9.83 Å². The monoisotopic (exact) mass is 373 g/mol. The summed E-state index contributed by atoms with van der Waals surface area (Å²) in [5.41, 5.74) is 4.69. The Hall–Kier alpha value is -3.36. The van der Waals surface area contributed by atoms with Gasteiger partial charge in [-0.1, -0.05) is 29.8 Å². The van der Waals surface area contributed by atoms with E-state index >= 15 is 0 Å². The number of rotatable bonds is 5. The summed E-state index contributed by atoms with van der Waals surface area (Å²) >= 11 is 5.90. The highest BCUT2D eigenvalue weighted by Crippen LogP contribution is 2.24. The van der Waals surface area contributed by atoms with Gasteiger partial charge in [-0.15, -0.1) is 0 Å². The van der Waals surface area contributed by atoms with Crippen LogP contribution in [0, 0.1) is 6.57 Å². The summed E-state index contributed by atoms with van der Waals surface area (Å²) in [4.78, 5) is 15.4. The van der Waals surface area contributed by atoms with Crippen LogP contribution in [-0.4, -0.2) is 15.0 Å². The predicted molar refractivity (Wildman–Crippen MR) is 108 cm³/mol. The molecule has 1 aromatic carbocycles. The molecule has 0 aliphatic carbocycles. The molecule has 0 aliphatic heterocycles. The normalized spacial score (nSPS) is 10.7. The van der Waals surface area contributed by atoms with Crippen molar-refractivity contribution >= 4 is 34.1 Å². The van der Waals surface area contributed by atoms with Crippen molar-refractivity contribution in [1.82, 2.24) is 15.0 Å². The van der Waals surface area contributed by atoms with E-state index in [1.807, 2.05) is 48.8 Å². The first-order valence-electron chi connectivity index (χ1n) is 8.48. The lowest BCUT2D eigenvalue weighted by molar-refractivity contribution is 1.09. The Balaban J connectivity index is 1.45. The van der Waals surface area contributed by atoms with E-state index in [0.717, 1.165) is 45.0 Å². The maximum atomic E-state index is 7.15. The topological polar surface area (TPSA) is 58.0 Å². The molecule has 27 heavy (non-hydrogen) atoms. The SMILES string of the molecule is [C-]#[N+]c1cnc2[nH]cc(Cc3ccc(NCc4ccc(Cl)cc4)nc3)c2c1. The number of hydrogen-bond acceptors (Lipinski definition) is 3. The van der Waals surface area contributed by atoms with E-state index in [2.05, 4.69) is 31.2 Å². The summed E-state index contributed by atoms with van der Waals surface area (Å²) < 4.78 is 0. The lowest BCUT2D eigenvalue weighted by Gasteiger charge is -2.07. The third kappa shape index (κ3) is 3.91. The van der Waals surface area contributed by atoms with Gasteiger partial charge in [-0.05, 0) is 41.0 Å². The average molecular weight is 374 g/mol. The molecule has 0 saturated heterocycles. The van der Waals surface area contributed by atoms with E-state index in [0.29, 0.717) is 12.2 Å². The summed E-state index contributed by atoms with van der Waals surface area (Å²) in [5.74, 6) is 0.824. The highest BCUT2D eigenvalue weighted by molar-refractivity contribution is 6.30. The molecular weight excluding hydrogens is 358 g/mol. The fraction of sp³-hybridized carbons (Fsp3) is 0.0952. The van der Waals surface area contributed by atoms with Gasteiger partial charge >= 0.3 is 0 Å². The minimum absolute atomic E-state index is 0.545. The molecule has 0 atom stereocenters. The van der Waals surface area contributed by atoms with E-state index in [1.165, 1.54) is 0 Å². The predicted octanol–water partition coefficient (Wildman–Crippen LogP) is 5.36. The first-order valence-corrected chi connectivity index (χ1v) is 8.86. The van der Waals surface area contributed by atoms with E-state index in [9.17, 15) is 0 Å². The summed E-state index contributed by atoms with van der Waals surface area (Å²) in [6, 6.07) is 13.6. The van der Waals surface area contributed by atoms with Crippen LogP contribution in [0.25, 0.3) is 15.9 Å². The molecule has 0 spiro atoms. The molecular formula is C21H16ClN5. The van der Waals surface area contributed by atoms with Crippen LogP contribution < -0.4 is 5.32 Å². The summed E-state index contributed by atoms with van der Waals surface area (Å²) in [5, 5.41) is 5.02. The molecule has 0 bridgehead atoms. The number of benzene rings is 1. The molecule has 3 aromatic heterocycles. The highest BCUT2D eigenvalue weighted by Gasteiger charge is 2.07. The van der Waals surface area contributed by atoms with Gasteiger partial charge in [-0.2, -0.15) is 0 Å². The number of hydrogen-bond donors (Lipinski definition) is 2. The van der Waals surface area contributed by atoms with Gasteiger partial charge in [0.25, 0.3) is 0 Å². The largest absolute Gasteiger partial charge is 0.366 e. The summed E-state index contributed by atoms with van der Waals surface area (Å²) in [6.45, 7) is 7.84. The molecule has 0 amide bonds. The van der Waals surface area contributed by atoms with Gasteiger partial charge in [0.2, 0.25) is 5.69 Å². The Bertz CT molecular complexity index is 1110. The summed E-state index contributed by atoms with van der Waals surface area (Å²) in [6.07, 6.45) is 6.12. The molecule has 132 valence electrons. The third-order valence-electron chi connectivity index (χ3n) is 4.34. The zero-order valence-corrected chi connectivity index (χ0v) is 15.2. The Morgan fingerprint density at radius 1 is 1.04 bits per heavy atom. The standard InChI is InChI=1S/C21H16ClN5/c1-23-18-9-19-16(12-26-21(19)27-13-18)8-15-4-7-20(25-11-15)24-10-14-2-5-17(22)6-3-14/h2-7,9,11-13H,8,10H2,(H,24,25)(H,26,27). The van der Waals surface area contributed by atoms with Crippen molar-refractivity contribution in [2.24, 2.45) is 0 Å². The van der Waals surface area contributed by atoms with Crippen molar-refractivity contribution in [3.05, 3.63) is 94.2 Å². The minimum atomic E-state index is 0.545. The van der Waals surface area contributed by atoms with E-state index in [-0.39, 0.29) is 0 Å². The second-order valence-corrected chi connectivity index (χ2v) is 6.66. The van der Waals surface area contributed by atoms with E-state index < -0.39 is 0 Å². The minimum Gasteiger partial charge on any atom is -0.366 e. The van der Waals surface area contributed by atoms with Crippen molar-refractivity contribution in [3.8, 4) is 0 Å². The quantitative estimate of drug-likeness (QED) is 0.463. The Morgan fingerprint density at radius 2 is 1.85 bits per heavy atom. The van der Waals surface area contributed by atoms with Gasteiger partial charge < -0.3 is 10.3 Å². The Labute approximate surface area is 161 Å². The second kappa shape index (κ2) is 7.48. The van der Waals surface area contributed by atoms with Gasteiger partial charge in [0.15, 0.2) is 0 Å². The molecule has 4 rings (SSSR count). The molecule has 0 saturated carbocycles.